The predicted octanol–water partition coefficient (Wildman–Crippen LogP) is 2.28. The Kier molecular flexibility index (Phi) is 4.81. The Labute approximate surface area is 97.6 Å². The van der Waals surface area contributed by atoms with Gasteiger partial charge in [0, 0.05) is 11.4 Å². The van der Waals surface area contributed by atoms with E-state index in [9.17, 15) is 4.79 Å². The lowest BCUT2D eigenvalue weighted by molar-refractivity contribution is 0.0924. The largest absolute Gasteiger partial charge is 0.438 e. The molecule has 1 heterocycles. The number of hydrogen-bond donors (Lipinski definition) is 1. The molecule has 0 aliphatic rings. The van der Waals surface area contributed by atoms with Crippen molar-refractivity contribution >= 4 is 21.8 Å². The molecule has 0 saturated heterocycles. The quantitative estimate of drug-likeness (QED) is 0.662. The van der Waals surface area contributed by atoms with Gasteiger partial charge in [-0.25, -0.2) is 4.98 Å². The molecule has 0 spiro atoms. The lowest BCUT2D eigenvalue weighted by Crippen LogP contribution is -2.25. The average molecular weight is 275 g/mol. The molecule has 84 valence electrons. The van der Waals surface area contributed by atoms with Crippen LogP contribution < -0.4 is 5.32 Å². The van der Waals surface area contributed by atoms with Crippen LogP contribution in [0.1, 0.15) is 36.0 Å². The number of nitrogens with zero attached hydrogens (tertiary/aromatic N) is 1. The number of amides is 1. The van der Waals surface area contributed by atoms with Gasteiger partial charge >= 0.3 is 0 Å². The first-order valence-corrected chi connectivity index (χ1v) is 5.85. The van der Waals surface area contributed by atoms with Crippen molar-refractivity contribution in [2.24, 2.45) is 0 Å². The third kappa shape index (κ3) is 4.03. The first-order chi connectivity index (χ1) is 7.11. The van der Waals surface area contributed by atoms with E-state index in [0.29, 0.717) is 22.8 Å². The monoisotopic (exact) mass is 274 g/mol. The summed E-state index contributed by atoms with van der Waals surface area (Å²) in [5.41, 5.74) is 0.626. The number of halogens is 1. The molecule has 0 bridgehead atoms. The van der Waals surface area contributed by atoms with Crippen LogP contribution in [-0.4, -0.2) is 22.3 Å². The number of aryl methyl sites for hydroxylation is 1. The third-order valence-electron chi connectivity index (χ3n) is 2.02. The van der Waals surface area contributed by atoms with Gasteiger partial charge in [0.05, 0.1) is 5.69 Å². The van der Waals surface area contributed by atoms with Crippen molar-refractivity contribution in [2.75, 3.05) is 6.54 Å². The lowest BCUT2D eigenvalue weighted by Gasteiger charge is -2.04. The molecule has 1 atom stereocenters. The van der Waals surface area contributed by atoms with Gasteiger partial charge in [-0.3, -0.25) is 4.79 Å². The highest BCUT2D eigenvalue weighted by atomic mass is 79.9. The minimum Gasteiger partial charge on any atom is -0.438 e. The number of alkyl halides is 1. The van der Waals surface area contributed by atoms with Gasteiger partial charge in [0.2, 0.25) is 5.76 Å². The molecule has 0 fully saturated rings. The van der Waals surface area contributed by atoms with Gasteiger partial charge < -0.3 is 9.73 Å². The number of carbonyl (C=O) groups is 1. The van der Waals surface area contributed by atoms with E-state index in [2.05, 4.69) is 33.2 Å². The maximum atomic E-state index is 11.5. The first-order valence-electron chi connectivity index (χ1n) is 4.93. The number of carbonyl (C=O) groups excluding carboxylic acids is 1. The molecule has 4 nitrogen and oxygen atoms in total. The van der Waals surface area contributed by atoms with Crippen LogP contribution in [0, 0.1) is 6.92 Å². The first kappa shape index (κ1) is 12.2. The van der Waals surface area contributed by atoms with Gasteiger partial charge in [-0.2, -0.15) is 0 Å². The number of oxazole rings is 1. The van der Waals surface area contributed by atoms with Gasteiger partial charge in [0.25, 0.3) is 5.91 Å². The Bertz CT molecular complexity index is 323. The molecule has 0 aliphatic carbocycles. The highest BCUT2D eigenvalue weighted by Gasteiger charge is 2.12. The van der Waals surface area contributed by atoms with E-state index in [0.717, 1.165) is 12.8 Å². The number of aromatic nitrogens is 1. The van der Waals surface area contributed by atoms with Gasteiger partial charge in [0.1, 0.15) is 0 Å². The minimum absolute atomic E-state index is 0.188. The van der Waals surface area contributed by atoms with Crippen LogP contribution in [0.25, 0.3) is 0 Å². The normalized spacial score (nSPS) is 12.5. The molecule has 0 saturated carbocycles. The molecule has 15 heavy (non-hydrogen) atoms. The zero-order valence-electron chi connectivity index (χ0n) is 8.92. The molecule has 5 heteroatoms. The Hall–Kier alpha value is -0.840. The van der Waals surface area contributed by atoms with Crippen LogP contribution in [0.3, 0.4) is 0 Å². The molecule has 1 rings (SSSR count). The lowest BCUT2D eigenvalue weighted by atomic mass is 10.2. The fourth-order valence-electron chi connectivity index (χ4n) is 1.19. The van der Waals surface area contributed by atoms with Crippen molar-refractivity contribution in [3.05, 3.63) is 17.8 Å². The SMILES string of the molecule is Cc1ncoc1C(=O)NCCCC(C)Br. The number of hydrogen-bond acceptors (Lipinski definition) is 3. The summed E-state index contributed by atoms with van der Waals surface area (Å²) < 4.78 is 4.97. The molecule has 1 N–H and O–H groups in total. The zero-order valence-corrected chi connectivity index (χ0v) is 10.5. The average Bonchev–Trinajstić information content (AvgIpc) is 2.58. The molecule has 1 aromatic rings. The van der Waals surface area contributed by atoms with Crippen LogP contribution in [-0.2, 0) is 0 Å². The summed E-state index contributed by atoms with van der Waals surface area (Å²) in [6, 6.07) is 0. The Morgan fingerprint density at radius 3 is 3.00 bits per heavy atom. The Morgan fingerprint density at radius 1 is 1.73 bits per heavy atom. The summed E-state index contributed by atoms with van der Waals surface area (Å²) in [4.78, 5) is 15.9. The molecule has 1 amide bonds. The smallest absolute Gasteiger partial charge is 0.288 e. The van der Waals surface area contributed by atoms with E-state index < -0.39 is 0 Å². The second kappa shape index (κ2) is 5.90. The minimum atomic E-state index is -0.188. The summed E-state index contributed by atoms with van der Waals surface area (Å²) in [5.74, 6) is 0.120. The summed E-state index contributed by atoms with van der Waals surface area (Å²) >= 11 is 3.45. The Balaban J connectivity index is 2.28. The molecule has 0 radical (unpaired) electrons. The van der Waals surface area contributed by atoms with Gasteiger partial charge in [-0.05, 0) is 19.8 Å². The van der Waals surface area contributed by atoms with Crippen molar-refractivity contribution in [3.63, 3.8) is 0 Å². The van der Waals surface area contributed by atoms with E-state index in [1.807, 2.05) is 0 Å². The van der Waals surface area contributed by atoms with Crippen molar-refractivity contribution in [1.82, 2.24) is 10.3 Å². The summed E-state index contributed by atoms with van der Waals surface area (Å²) in [6.45, 7) is 4.50. The molecular weight excluding hydrogens is 260 g/mol. The maximum absolute atomic E-state index is 11.5. The predicted molar refractivity (Wildman–Crippen MR) is 61.2 cm³/mol. The Morgan fingerprint density at radius 2 is 2.47 bits per heavy atom. The van der Waals surface area contributed by atoms with E-state index in [4.69, 9.17) is 4.42 Å². The summed E-state index contributed by atoms with van der Waals surface area (Å²) in [5, 5.41) is 2.79. The van der Waals surface area contributed by atoms with Gasteiger partial charge in [-0.15, -0.1) is 0 Å². The standard InChI is InChI=1S/C10H15BrN2O2/c1-7(11)4-3-5-12-10(14)9-8(2)13-6-15-9/h6-7H,3-5H2,1-2H3,(H,12,14). The highest BCUT2D eigenvalue weighted by molar-refractivity contribution is 9.09. The van der Waals surface area contributed by atoms with Crippen molar-refractivity contribution in [2.45, 2.75) is 31.5 Å². The second-order valence-corrected chi connectivity index (χ2v) is 5.01. The topological polar surface area (TPSA) is 55.1 Å². The third-order valence-corrected chi connectivity index (χ3v) is 2.47. The second-order valence-electron chi connectivity index (χ2n) is 3.45. The summed E-state index contributed by atoms with van der Waals surface area (Å²) in [7, 11) is 0. The molecule has 1 aromatic heterocycles. The fourth-order valence-corrected chi connectivity index (χ4v) is 1.51. The molecule has 0 aliphatic heterocycles. The van der Waals surface area contributed by atoms with Crippen LogP contribution in [0.4, 0.5) is 0 Å². The van der Waals surface area contributed by atoms with Crippen molar-refractivity contribution < 1.29 is 9.21 Å². The molecular formula is C10H15BrN2O2. The molecule has 1 unspecified atom stereocenters. The van der Waals surface area contributed by atoms with Gasteiger partial charge in [0.15, 0.2) is 6.39 Å². The van der Waals surface area contributed by atoms with Crippen LogP contribution in [0.15, 0.2) is 10.8 Å². The molecule has 0 aromatic carbocycles. The number of nitrogens with one attached hydrogen (secondary N) is 1. The van der Waals surface area contributed by atoms with Crippen molar-refractivity contribution in [3.8, 4) is 0 Å². The van der Waals surface area contributed by atoms with Crippen LogP contribution >= 0.6 is 15.9 Å². The highest BCUT2D eigenvalue weighted by Crippen LogP contribution is 2.06. The van der Waals surface area contributed by atoms with Crippen LogP contribution in [0.2, 0.25) is 0 Å². The number of rotatable bonds is 5. The van der Waals surface area contributed by atoms with E-state index in [1.54, 1.807) is 6.92 Å². The maximum Gasteiger partial charge on any atom is 0.288 e. The van der Waals surface area contributed by atoms with Gasteiger partial charge in [-0.1, -0.05) is 22.9 Å². The fraction of sp³-hybridized carbons (Fsp3) is 0.600. The van der Waals surface area contributed by atoms with Crippen molar-refractivity contribution in [1.29, 1.82) is 0 Å². The van der Waals surface area contributed by atoms with E-state index >= 15 is 0 Å². The van der Waals surface area contributed by atoms with E-state index in [-0.39, 0.29) is 5.91 Å². The summed E-state index contributed by atoms with van der Waals surface area (Å²) in [6.07, 6.45) is 3.27. The van der Waals surface area contributed by atoms with E-state index in [1.165, 1.54) is 6.39 Å². The van der Waals surface area contributed by atoms with Crippen LogP contribution in [0.5, 0.6) is 0 Å². The zero-order chi connectivity index (χ0) is 11.3.